The lowest BCUT2D eigenvalue weighted by Crippen LogP contribution is -2.45. The van der Waals surface area contributed by atoms with Crippen molar-refractivity contribution in [2.75, 3.05) is 5.32 Å². The highest BCUT2D eigenvalue weighted by atomic mass is 79.9. The van der Waals surface area contributed by atoms with Gasteiger partial charge in [-0.1, -0.05) is 12.1 Å². The first-order valence-corrected chi connectivity index (χ1v) is 6.04. The number of hydrogen-bond acceptors (Lipinski definition) is 4. The van der Waals surface area contributed by atoms with Gasteiger partial charge >= 0.3 is 5.97 Å². The van der Waals surface area contributed by atoms with Crippen LogP contribution >= 0.6 is 15.9 Å². The fraction of sp³-hybridized carbons (Fsp3) is 0.167. The minimum atomic E-state index is -1.87. The molecule has 6 heteroatoms. The zero-order valence-corrected chi connectivity index (χ0v) is 10.6. The number of anilines is 1. The molecule has 0 aliphatic carbocycles. The molecule has 1 amide bonds. The highest BCUT2D eigenvalue weighted by Crippen LogP contribution is 2.44. The normalized spacial score (nSPS) is 29.1. The average molecular weight is 310 g/mol. The van der Waals surface area contributed by atoms with Crippen molar-refractivity contribution in [2.45, 2.75) is 11.7 Å². The van der Waals surface area contributed by atoms with Gasteiger partial charge in [0.25, 0.3) is 5.91 Å². The van der Waals surface area contributed by atoms with Gasteiger partial charge in [0.1, 0.15) is 0 Å². The van der Waals surface area contributed by atoms with E-state index in [1.807, 2.05) is 0 Å². The third-order valence-corrected chi connectivity index (χ3v) is 3.73. The van der Waals surface area contributed by atoms with Gasteiger partial charge in [0.2, 0.25) is 5.60 Å². The Balaban J connectivity index is 2.14. The molecule has 0 fully saturated rings. The van der Waals surface area contributed by atoms with E-state index in [9.17, 15) is 14.7 Å². The summed E-state index contributed by atoms with van der Waals surface area (Å²) >= 11 is 3.30. The van der Waals surface area contributed by atoms with Gasteiger partial charge in [0.05, 0.1) is 5.69 Å². The zero-order valence-electron chi connectivity index (χ0n) is 9.01. The second-order valence-electron chi connectivity index (χ2n) is 4.10. The van der Waals surface area contributed by atoms with Gasteiger partial charge < -0.3 is 15.2 Å². The third kappa shape index (κ3) is 1.36. The third-order valence-electron chi connectivity index (χ3n) is 3.07. The number of carbonyl (C=O) groups is 2. The average Bonchev–Trinajstić information content (AvgIpc) is 2.87. The van der Waals surface area contributed by atoms with Crippen molar-refractivity contribution in [3.8, 4) is 0 Å². The Labute approximate surface area is 111 Å². The number of cyclic esters (lactones) is 1. The van der Waals surface area contributed by atoms with Crippen LogP contribution in [0.1, 0.15) is 5.56 Å². The number of para-hydroxylation sites is 1. The first-order valence-electron chi connectivity index (χ1n) is 5.25. The van der Waals surface area contributed by atoms with Crippen LogP contribution in [0.4, 0.5) is 5.69 Å². The van der Waals surface area contributed by atoms with E-state index in [2.05, 4.69) is 21.2 Å². The van der Waals surface area contributed by atoms with Crippen LogP contribution in [0.15, 0.2) is 34.8 Å². The number of hydrogen-bond donors (Lipinski definition) is 2. The summed E-state index contributed by atoms with van der Waals surface area (Å²) in [7, 11) is 0. The topological polar surface area (TPSA) is 75.6 Å². The number of esters is 1. The zero-order chi connectivity index (χ0) is 12.9. The van der Waals surface area contributed by atoms with Crippen molar-refractivity contribution >= 4 is 33.5 Å². The van der Waals surface area contributed by atoms with Gasteiger partial charge in [0.15, 0.2) is 6.10 Å². The van der Waals surface area contributed by atoms with Crippen LogP contribution in [-0.4, -0.2) is 23.1 Å². The summed E-state index contributed by atoms with van der Waals surface area (Å²) < 4.78 is 5.60. The molecule has 0 unspecified atom stereocenters. The first-order chi connectivity index (χ1) is 8.53. The summed E-state index contributed by atoms with van der Waals surface area (Å²) in [5.74, 6) is -1.17. The summed E-state index contributed by atoms with van der Waals surface area (Å²) in [6, 6.07) is 5.08. The Morgan fingerprint density at radius 2 is 2.17 bits per heavy atom. The lowest BCUT2D eigenvalue weighted by Gasteiger charge is -2.25. The van der Waals surface area contributed by atoms with Crippen LogP contribution in [0, 0.1) is 0 Å². The van der Waals surface area contributed by atoms with E-state index in [0.29, 0.717) is 15.7 Å². The minimum absolute atomic E-state index is 0.395. The van der Waals surface area contributed by atoms with Crippen LogP contribution in [0.25, 0.3) is 0 Å². The molecule has 0 saturated carbocycles. The molecular weight excluding hydrogens is 302 g/mol. The SMILES string of the molecule is O=C1C=C[C@@H]([C@]2(O)C(=O)Nc3c(Br)cccc32)O1. The molecule has 2 atom stereocenters. The second-order valence-corrected chi connectivity index (χ2v) is 4.95. The van der Waals surface area contributed by atoms with E-state index in [0.717, 1.165) is 0 Å². The Morgan fingerprint density at radius 1 is 1.39 bits per heavy atom. The lowest BCUT2D eigenvalue weighted by atomic mass is 9.89. The molecule has 2 heterocycles. The predicted molar refractivity (Wildman–Crippen MR) is 65.7 cm³/mol. The molecule has 2 N–H and O–H groups in total. The summed E-state index contributed by atoms with van der Waals surface area (Å²) in [6.07, 6.45) is 1.59. The molecule has 0 spiro atoms. The number of carbonyl (C=O) groups excluding carboxylic acids is 2. The number of aliphatic hydroxyl groups is 1. The van der Waals surface area contributed by atoms with Gasteiger partial charge in [-0.2, -0.15) is 0 Å². The number of rotatable bonds is 1. The quantitative estimate of drug-likeness (QED) is 0.761. The fourth-order valence-corrected chi connectivity index (χ4v) is 2.64. The van der Waals surface area contributed by atoms with Crippen LogP contribution in [0.5, 0.6) is 0 Å². The van der Waals surface area contributed by atoms with E-state index in [4.69, 9.17) is 4.74 Å². The number of ether oxygens (including phenoxy) is 1. The second kappa shape index (κ2) is 3.66. The molecule has 92 valence electrons. The molecule has 18 heavy (non-hydrogen) atoms. The molecular formula is C12H8BrNO4. The van der Waals surface area contributed by atoms with Gasteiger partial charge in [0, 0.05) is 16.1 Å². The van der Waals surface area contributed by atoms with Crippen LogP contribution in [0.2, 0.25) is 0 Å². The number of amides is 1. The Kier molecular flexibility index (Phi) is 2.33. The van der Waals surface area contributed by atoms with Gasteiger partial charge in [-0.3, -0.25) is 4.79 Å². The van der Waals surface area contributed by atoms with Crippen LogP contribution in [0.3, 0.4) is 0 Å². The van der Waals surface area contributed by atoms with E-state index < -0.39 is 23.6 Å². The molecule has 1 aromatic rings. The van der Waals surface area contributed by atoms with Gasteiger partial charge in [-0.05, 0) is 28.1 Å². The summed E-state index contributed by atoms with van der Waals surface area (Å²) in [6.45, 7) is 0. The standard InChI is InChI=1S/C12H8BrNO4/c13-7-3-1-2-6-10(7)14-11(16)12(6,17)8-4-5-9(15)18-8/h1-5,8,17H,(H,14,16)/t8-,12-/m0/s1. The monoisotopic (exact) mass is 309 g/mol. The Bertz CT molecular complexity index is 598. The lowest BCUT2D eigenvalue weighted by molar-refractivity contribution is -0.158. The smallest absolute Gasteiger partial charge is 0.331 e. The molecule has 2 aliphatic rings. The molecule has 0 aromatic heterocycles. The number of fused-ring (bicyclic) bond motifs is 1. The van der Waals surface area contributed by atoms with Crippen molar-refractivity contribution in [1.82, 2.24) is 0 Å². The highest BCUT2D eigenvalue weighted by Gasteiger charge is 2.54. The molecule has 3 rings (SSSR count). The van der Waals surface area contributed by atoms with Crippen molar-refractivity contribution in [3.63, 3.8) is 0 Å². The predicted octanol–water partition coefficient (Wildman–Crippen LogP) is 1.07. The molecule has 0 bridgehead atoms. The number of nitrogens with one attached hydrogen (secondary N) is 1. The van der Waals surface area contributed by atoms with Crippen LogP contribution in [-0.2, 0) is 19.9 Å². The Hall–Kier alpha value is -1.66. The van der Waals surface area contributed by atoms with E-state index in [1.165, 1.54) is 12.2 Å². The van der Waals surface area contributed by atoms with Crippen LogP contribution < -0.4 is 5.32 Å². The molecule has 5 nitrogen and oxygen atoms in total. The van der Waals surface area contributed by atoms with Crippen molar-refractivity contribution in [2.24, 2.45) is 0 Å². The van der Waals surface area contributed by atoms with Crippen molar-refractivity contribution in [1.29, 1.82) is 0 Å². The summed E-state index contributed by atoms with van der Waals surface area (Å²) in [5.41, 5.74) is -0.977. The minimum Gasteiger partial charge on any atom is -0.451 e. The van der Waals surface area contributed by atoms with E-state index >= 15 is 0 Å². The van der Waals surface area contributed by atoms with Gasteiger partial charge in [-0.25, -0.2) is 4.79 Å². The molecule has 0 radical (unpaired) electrons. The Morgan fingerprint density at radius 3 is 2.83 bits per heavy atom. The fourth-order valence-electron chi connectivity index (χ4n) is 2.18. The number of halogens is 1. The largest absolute Gasteiger partial charge is 0.451 e. The maximum atomic E-state index is 12.0. The van der Waals surface area contributed by atoms with Gasteiger partial charge in [-0.15, -0.1) is 0 Å². The molecule has 0 saturated heterocycles. The van der Waals surface area contributed by atoms with Crippen molar-refractivity contribution in [3.05, 3.63) is 40.4 Å². The van der Waals surface area contributed by atoms with E-state index in [-0.39, 0.29) is 0 Å². The highest BCUT2D eigenvalue weighted by molar-refractivity contribution is 9.10. The van der Waals surface area contributed by atoms with Crippen molar-refractivity contribution < 1.29 is 19.4 Å². The molecule has 1 aromatic carbocycles. The summed E-state index contributed by atoms with van der Waals surface area (Å²) in [4.78, 5) is 23.1. The van der Waals surface area contributed by atoms with E-state index in [1.54, 1.807) is 18.2 Å². The molecule has 2 aliphatic heterocycles. The number of benzene rings is 1. The maximum Gasteiger partial charge on any atom is 0.331 e. The summed E-state index contributed by atoms with van der Waals surface area (Å²) in [5, 5.41) is 13.2. The first kappa shape index (κ1) is 11.4. The maximum absolute atomic E-state index is 12.0.